The van der Waals surface area contributed by atoms with E-state index in [9.17, 15) is 9.59 Å². The second-order valence-corrected chi connectivity index (χ2v) is 11.0. The lowest BCUT2D eigenvalue weighted by Crippen LogP contribution is -2.37. The fourth-order valence-electron chi connectivity index (χ4n) is 5.57. The van der Waals surface area contributed by atoms with Crippen molar-refractivity contribution in [2.45, 2.75) is 57.7 Å². The number of amides is 2. The van der Waals surface area contributed by atoms with E-state index in [2.05, 4.69) is 31.5 Å². The third-order valence-corrected chi connectivity index (χ3v) is 7.78. The van der Waals surface area contributed by atoms with Crippen LogP contribution in [-0.2, 0) is 9.53 Å². The van der Waals surface area contributed by atoms with Crippen LogP contribution in [0.4, 0.5) is 33.5 Å². The van der Waals surface area contributed by atoms with Crippen LogP contribution in [0.1, 0.15) is 44.1 Å². The number of benzene rings is 2. The summed E-state index contributed by atoms with van der Waals surface area (Å²) in [6, 6.07) is 17.5. The lowest BCUT2D eigenvalue weighted by Gasteiger charge is -2.28. The van der Waals surface area contributed by atoms with Crippen LogP contribution in [0.15, 0.2) is 60.8 Å². The predicted molar refractivity (Wildman–Crippen MR) is 164 cm³/mol. The molecule has 218 valence electrons. The van der Waals surface area contributed by atoms with E-state index >= 15 is 0 Å². The van der Waals surface area contributed by atoms with Crippen molar-refractivity contribution in [1.29, 1.82) is 0 Å². The Morgan fingerprint density at radius 2 is 1.79 bits per heavy atom. The van der Waals surface area contributed by atoms with Crippen molar-refractivity contribution >= 4 is 51.6 Å². The number of carbonyl (C=O) groups is 2. The van der Waals surface area contributed by atoms with Gasteiger partial charge in [0.05, 0.1) is 23.9 Å². The van der Waals surface area contributed by atoms with Gasteiger partial charge in [0.15, 0.2) is 12.0 Å². The lowest BCUT2D eigenvalue weighted by atomic mass is 10.2. The number of H-pyrrole nitrogens is 1. The Morgan fingerprint density at radius 3 is 2.62 bits per heavy atom. The van der Waals surface area contributed by atoms with Gasteiger partial charge >= 0.3 is 6.09 Å². The third kappa shape index (κ3) is 6.63. The van der Waals surface area contributed by atoms with E-state index in [0.29, 0.717) is 42.0 Å². The monoisotopic (exact) mass is 568 g/mol. The Balaban J connectivity index is 1.21. The van der Waals surface area contributed by atoms with Gasteiger partial charge in [-0.2, -0.15) is 5.10 Å². The van der Waals surface area contributed by atoms with Gasteiger partial charge in [-0.25, -0.2) is 9.78 Å². The summed E-state index contributed by atoms with van der Waals surface area (Å²) in [6.07, 6.45) is 6.75. The van der Waals surface area contributed by atoms with Gasteiger partial charge in [0, 0.05) is 35.8 Å². The summed E-state index contributed by atoms with van der Waals surface area (Å²) in [6.45, 7) is 2.85. The molecule has 11 nitrogen and oxygen atoms in total. The molecule has 2 amide bonds. The van der Waals surface area contributed by atoms with E-state index in [0.717, 1.165) is 41.4 Å². The number of anilines is 5. The van der Waals surface area contributed by atoms with Crippen LogP contribution in [0.25, 0.3) is 10.9 Å². The number of aromatic nitrogens is 3. The van der Waals surface area contributed by atoms with Crippen LogP contribution in [0, 0.1) is 6.92 Å². The van der Waals surface area contributed by atoms with Gasteiger partial charge < -0.3 is 25.6 Å². The summed E-state index contributed by atoms with van der Waals surface area (Å²) in [7, 11) is 0. The Morgan fingerprint density at radius 1 is 0.976 bits per heavy atom. The first kappa shape index (κ1) is 27.5. The summed E-state index contributed by atoms with van der Waals surface area (Å²) in [4.78, 5) is 32.6. The largest absolute Gasteiger partial charge is 0.425 e. The normalized spacial score (nSPS) is 17.0. The third-order valence-electron chi connectivity index (χ3n) is 7.78. The van der Waals surface area contributed by atoms with Crippen molar-refractivity contribution in [1.82, 2.24) is 20.5 Å². The maximum absolute atomic E-state index is 13.0. The Bertz CT molecular complexity index is 1550. The van der Waals surface area contributed by atoms with Crippen molar-refractivity contribution in [3.63, 3.8) is 0 Å². The van der Waals surface area contributed by atoms with E-state index in [4.69, 9.17) is 9.72 Å². The Labute approximate surface area is 244 Å². The molecule has 4 aromatic rings. The number of hydrogen-bond acceptors (Lipinski definition) is 8. The fourth-order valence-corrected chi connectivity index (χ4v) is 5.57. The molecular formula is C31H36N8O3. The first-order valence-corrected chi connectivity index (χ1v) is 14.6. The molecular weight excluding hydrogens is 532 g/mol. The van der Waals surface area contributed by atoms with Crippen molar-refractivity contribution in [3.05, 3.63) is 66.4 Å². The molecule has 2 aliphatic rings. The first-order valence-electron chi connectivity index (χ1n) is 14.6. The molecule has 42 heavy (non-hydrogen) atoms. The van der Waals surface area contributed by atoms with E-state index in [-0.39, 0.29) is 12.5 Å². The van der Waals surface area contributed by atoms with Crippen molar-refractivity contribution < 1.29 is 14.3 Å². The zero-order chi connectivity index (χ0) is 28.9. The molecule has 1 aliphatic carbocycles. The van der Waals surface area contributed by atoms with Gasteiger partial charge in [0.1, 0.15) is 5.82 Å². The SMILES string of the molecule is Cc1ccc(NC(=O)O[C@H]2CCCN2c2nc(Nc3ccc4[nH]ncc4c3)ccc2NC(=O)CNC2CCCC2)cc1. The molecule has 0 spiro atoms. The first-order chi connectivity index (χ1) is 20.5. The zero-order valence-corrected chi connectivity index (χ0v) is 23.7. The molecule has 1 saturated carbocycles. The minimum atomic E-state index is -0.537. The lowest BCUT2D eigenvalue weighted by molar-refractivity contribution is -0.115. The molecule has 2 aromatic carbocycles. The highest BCUT2D eigenvalue weighted by molar-refractivity contribution is 5.95. The summed E-state index contributed by atoms with van der Waals surface area (Å²) in [5, 5.41) is 20.6. The summed E-state index contributed by atoms with van der Waals surface area (Å²) in [5.74, 6) is 1.01. The van der Waals surface area contributed by atoms with Gasteiger partial charge in [-0.1, -0.05) is 30.5 Å². The molecule has 1 saturated heterocycles. The number of fused-ring (bicyclic) bond motifs is 1. The number of nitrogens with one attached hydrogen (secondary N) is 5. The number of ether oxygens (including phenoxy) is 1. The number of pyridine rings is 1. The van der Waals surface area contributed by atoms with Crippen molar-refractivity contribution in [2.75, 3.05) is 33.9 Å². The van der Waals surface area contributed by atoms with Gasteiger partial charge in [-0.05, 0) is 68.7 Å². The summed E-state index contributed by atoms with van der Waals surface area (Å²) < 4.78 is 5.86. The summed E-state index contributed by atoms with van der Waals surface area (Å²) in [5.41, 5.74) is 4.13. The van der Waals surface area contributed by atoms with Gasteiger partial charge in [0.2, 0.25) is 5.91 Å². The van der Waals surface area contributed by atoms with Crippen LogP contribution >= 0.6 is 0 Å². The average molecular weight is 569 g/mol. The smallest absolute Gasteiger partial charge is 0.413 e. The Kier molecular flexibility index (Phi) is 8.18. The van der Waals surface area contributed by atoms with Crippen LogP contribution in [0.5, 0.6) is 0 Å². The Hall–Kier alpha value is -4.64. The second kappa shape index (κ2) is 12.5. The quantitative estimate of drug-likeness (QED) is 0.175. The fraction of sp³-hybridized carbons (Fsp3) is 0.355. The van der Waals surface area contributed by atoms with E-state index < -0.39 is 12.3 Å². The zero-order valence-electron chi connectivity index (χ0n) is 23.7. The number of nitrogens with zero attached hydrogens (tertiary/aromatic N) is 3. The second-order valence-electron chi connectivity index (χ2n) is 11.0. The molecule has 11 heteroatoms. The highest BCUT2D eigenvalue weighted by Gasteiger charge is 2.31. The number of rotatable bonds is 9. The maximum Gasteiger partial charge on any atom is 0.413 e. The van der Waals surface area contributed by atoms with Crippen molar-refractivity contribution in [3.8, 4) is 0 Å². The molecule has 1 aliphatic heterocycles. The van der Waals surface area contributed by atoms with E-state index in [1.807, 2.05) is 66.4 Å². The van der Waals surface area contributed by atoms with E-state index in [1.54, 1.807) is 6.20 Å². The van der Waals surface area contributed by atoms with E-state index in [1.165, 1.54) is 12.8 Å². The summed E-state index contributed by atoms with van der Waals surface area (Å²) >= 11 is 0. The van der Waals surface area contributed by atoms with Crippen LogP contribution in [0.2, 0.25) is 0 Å². The molecule has 2 aromatic heterocycles. The maximum atomic E-state index is 13.0. The molecule has 5 N–H and O–H groups in total. The van der Waals surface area contributed by atoms with Gasteiger partial charge in [-0.15, -0.1) is 0 Å². The number of aromatic amines is 1. The molecule has 3 heterocycles. The number of carbonyl (C=O) groups excluding carboxylic acids is 2. The molecule has 1 atom stereocenters. The van der Waals surface area contributed by atoms with Crippen LogP contribution < -0.4 is 26.2 Å². The standard InChI is InChI=1S/C31H36N8O3/c1-20-8-10-23(11-9-20)35-31(41)42-29-7-4-16-39(29)30-26(36-28(40)19-32-22-5-2-3-6-22)14-15-27(37-30)34-24-12-13-25-21(17-24)18-33-38-25/h8-15,17-18,22,29,32H,2-7,16,19H2,1H3,(H,33,38)(H,34,37)(H,35,41)(H,36,40)/t29-/m0/s1. The van der Waals surface area contributed by atoms with Crippen molar-refractivity contribution in [2.24, 2.45) is 0 Å². The van der Waals surface area contributed by atoms with Gasteiger partial charge in [0.25, 0.3) is 0 Å². The molecule has 6 rings (SSSR count). The number of hydrogen-bond donors (Lipinski definition) is 5. The highest BCUT2D eigenvalue weighted by atomic mass is 16.6. The molecule has 2 fully saturated rings. The molecule has 0 bridgehead atoms. The number of aryl methyl sites for hydroxylation is 1. The van der Waals surface area contributed by atoms with Gasteiger partial charge in [-0.3, -0.25) is 15.2 Å². The topological polar surface area (TPSA) is 136 Å². The molecule has 0 radical (unpaired) electrons. The minimum Gasteiger partial charge on any atom is -0.425 e. The van der Waals surface area contributed by atoms with Crippen LogP contribution in [0.3, 0.4) is 0 Å². The highest BCUT2D eigenvalue weighted by Crippen LogP contribution is 2.33. The van der Waals surface area contributed by atoms with Crippen LogP contribution in [-0.4, -0.2) is 52.5 Å². The minimum absolute atomic E-state index is 0.134. The molecule has 0 unspecified atom stereocenters. The predicted octanol–water partition coefficient (Wildman–Crippen LogP) is 5.66. The average Bonchev–Trinajstić information content (AvgIpc) is 3.76.